The molecular weight excluding hydrogens is 339 g/mol. The number of rotatable bonds is 4. The Hall–Kier alpha value is -1.49. The molecule has 0 aliphatic rings. The molecule has 0 bridgehead atoms. The molecule has 0 fully saturated rings. The number of benzene rings is 1. The van der Waals surface area contributed by atoms with E-state index in [0.717, 1.165) is 34.9 Å². The number of nitrogens with zero attached hydrogens (tertiary/aromatic N) is 2. The highest BCUT2D eigenvalue weighted by Gasteiger charge is 2.10. The van der Waals surface area contributed by atoms with Gasteiger partial charge in [0.25, 0.3) is 0 Å². The van der Waals surface area contributed by atoms with Crippen molar-refractivity contribution in [2.75, 3.05) is 0 Å². The summed E-state index contributed by atoms with van der Waals surface area (Å²) in [5.41, 5.74) is 1.82. The van der Waals surface area contributed by atoms with Crippen molar-refractivity contribution in [2.24, 2.45) is 4.99 Å². The zero-order valence-electron chi connectivity index (χ0n) is 11.9. The molecule has 2 heterocycles. The zero-order valence-corrected chi connectivity index (χ0v) is 14.3. The SMILES string of the molecule is CCCn1c(-c2ccco2)csc1=Nc1ccc(Cl)c(Cl)c1. The third kappa shape index (κ3) is 3.14. The molecule has 0 saturated carbocycles. The molecule has 3 rings (SSSR count). The molecule has 114 valence electrons. The van der Waals surface area contributed by atoms with E-state index in [9.17, 15) is 0 Å². The van der Waals surface area contributed by atoms with Crippen LogP contribution < -0.4 is 4.80 Å². The van der Waals surface area contributed by atoms with E-state index in [1.165, 1.54) is 0 Å². The second-order valence-electron chi connectivity index (χ2n) is 4.74. The summed E-state index contributed by atoms with van der Waals surface area (Å²) >= 11 is 13.6. The summed E-state index contributed by atoms with van der Waals surface area (Å²) in [6.07, 6.45) is 2.69. The minimum absolute atomic E-state index is 0.507. The van der Waals surface area contributed by atoms with Crippen molar-refractivity contribution in [3.63, 3.8) is 0 Å². The number of thiazole rings is 1. The maximum atomic E-state index is 6.06. The van der Waals surface area contributed by atoms with Crippen LogP contribution in [0.3, 0.4) is 0 Å². The van der Waals surface area contributed by atoms with Gasteiger partial charge in [0.2, 0.25) is 0 Å². The van der Waals surface area contributed by atoms with E-state index in [4.69, 9.17) is 27.6 Å². The Kier molecular flexibility index (Phi) is 4.71. The number of hydrogen-bond donors (Lipinski definition) is 0. The van der Waals surface area contributed by atoms with Gasteiger partial charge in [-0.25, -0.2) is 4.99 Å². The molecule has 0 spiro atoms. The summed E-state index contributed by atoms with van der Waals surface area (Å²) in [7, 11) is 0. The van der Waals surface area contributed by atoms with E-state index in [-0.39, 0.29) is 0 Å². The highest BCUT2D eigenvalue weighted by Crippen LogP contribution is 2.27. The van der Waals surface area contributed by atoms with Crippen molar-refractivity contribution in [3.8, 4) is 11.5 Å². The fourth-order valence-corrected chi connectivity index (χ4v) is 3.37. The van der Waals surface area contributed by atoms with Crippen molar-refractivity contribution in [2.45, 2.75) is 19.9 Å². The molecule has 0 unspecified atom stereocenters. The molecule has 22 heavy (non-hydrogen) atoms. The summed E-state index contributed by atoms with van der Waals surface area (Å²) < 4.78 is 7.67. The van der Waals surface area contributed by atoms with Gasteiger partial charge in [-0.3, -0.25) is 0 Å². The van der Waals surface area contributed by atoms with Crippen molar-refractivity contribution < 1.29 is 4.42 Å². The third-order valence-electron chi connectivity index (χ3n) is 3.15. The first-order valence-corrected chi connectivity index (χ1v) is 8.54. The molecule has 1 aromatic carbocycles. The van der Waals surface area contributed by atoms with Gasteiger partial charge < -0.3 is 8.98 Å². The number of aromatic nitrogens is 1. The smallest absolute Gasteiger partial charge is 0.190 e. The molecule has 3 nitrogen and oxygen atoms in total. The van der Waals surface area contributed by atoms with Gasteiger partial charge in [0.05, 0.1) is 27.7 Å². The lowest BCUT2D eigenvalue weighted by molar-refractivity contribution is 0.567. The number of furan rings is 1. The Morgan fingerprint density at radius 3 is 2.77 bits per heavy atom. The van der Waals surface area contributed by atoms with Crippen LogP contribution >= 0.6 is 34.5 Å². The van der Waals surface area contributed by atoms with E-state index in [1.807, 2.05) is 18.2 Å². The Bertz CT molecular complexity index is 834. The molecule has 0 N–H and O–H groups in total. The van der Waals surface area contributed by atoms with E-state index in [0.29, 0.717) is 10.0 Å². The summed E-state index contributed by atoms with van der Waals surface area (Å²) in [5, 5.41) is 3.10. The van der Waals surface area contributed by atoms with Gasteiger partial charge in [0, 0.05) is 11.9 Å². The first-order valence-electron chi connectivity index (χ1n) is 6.91. The highest BCUT2D eigenvalue weighted by atomic mass is 35.5. The Morgan fingerprint density at radius 2 is 2.09 bits per heavy atom. The van der Waals surface area contributed by atoms with Crippen LogP contribution in [0.25, 0.3) is 11.5 Å². The highest BCUT2D eigenvalue weighted by molar-refractivity contribution is 7.07. The van der Waals surface area contributed by atoms with E-state index < -0.39 is 0 Å². The summed E-state index contributed by atoms with van der Waals surface area (Å²) in [4.78, 5) is 5.60. The molecule has 6 heteroatoms. The van der Waals surface area contributed by atoms with Gasteiger partial charge in [-0.05, 0) is 36.8 Å². The lowest BCUT2D eigenvalue weighted by Gasteiger charge is -2.05. The Balaban J connectivity index is 2.10. The molecule has 0 saturated heterocycles. The molecule has 0 aliphatic carbocycles. The van der Waals surface area contributed by atoms with Gasteiger partial charge in [-0.2, -0.15) is 0 Å². The van der Waals surface area contributed by atoms with Crippen LogP contribution in [0.2, 0.25) is 10.0 Å². The van der Waals surface area contributed by atoms with Crippen molar-refractivity contribution in [1.82, 2.24) is 4.57 Å². The first-order chi connectivity index (χ1) is 10.7. The summed E-state index contributed by atoms with van der Waals surface area (Å²) in [5.74, 6) is 0.847. The maximum Gasteiger partial charge on any atom is 0.190 e. The standard InChI is InChI=1S/C16H14Cl2N2OS/c1-2-7-20-14(15-4-3-8-21-15)10-22-16(20)19-11-5-6-12(17)13(18)9-11/h3-6,8-10H,2,7H2,1H3. The molecule has 2 aromatic heterocycles. The average molecular weight is 353 g/mol. The summed E-state index contributed by atoms with van der Waals surface area (Å²) in [6, 6.07) is 9.23. The number of hydrogen-bond acceptors (Lipinski definition) is 3. The second kappa shape index (κ2) is 6.73. The normalized spacial score (nSPS) is 12.0. The van der Waals surface area contributed by atoms with Crippen molar-refractivity contribution in [3.05, 3.63) is 56.8 Å². The van der Waals surface area contributed by atoms with Gasteiger partial charge >= 0.3 is 0 Å². The van der Waals surface area contributed by atoms with E-state index >= 15 is 0 Å². The third-order valence-corrected chi connectivity index (χ3v) is 4.75. The van der Waals surface area contributed by atoms with Crippen LogP contribution in [-0.2, 0) is 6.54 Å². The largest absolute Gasteiger partial charge is 0.463 e. The number of halogens is 2. The van der Waals surface area contributed by atoms with Crippen LogP contribution in [0.1, 0.15) is 13.3 Å². The minimum Gasteiger partial charge on any atom is -0.463 e. The molecule has 0 atom stereocenters. The predicted octanol–water partition coefficient (Wildman–Crippen LogP) is 5.76. The molecule has 3 aromatic rings. The maximum absolute atomic E-state index is 6.06. The van der Waals surface area contributed by atoms with Gasteiger partial charge in [-0.15, -0.1) is 11.3 Å². The Morgan fingerprint density at radius 1 is 1.23 bits per heavy atom. The fourth-order valence-electron chi connectivity index (χ4n) is 2.15. The molecule has 0 amide bonds. The van der Waals surface area contributed by atoms with Gasteiger partial charge in [-0.1, -0.05) is 30.1 Å². The fraction of sp³-hybridized carbons (Fsp3) is 0.188. The lowest BCUT2D eigenvalue weighted by atomic mass is 10.3. The van der Waals surface area contributed by atoms with Gasteiger partial charge in [0.15, 0.2) is 10.6 Å². The van der Waals surface area contributed by atoms with E-state index in [1.54, 1.807) is 29.7 Å². The van der Waals surface area contributed by atoms with Gasteiger partial charge in [0.1, 0.15) is 0 Å². The Labute approximate surface area is 142 Å². The lowest BCUT2D eigenvalue weighted by Crippen LogP contribution is -2.15. The monoisotopic (exact) mass is 352 g/mol. The molecular formula is C16H14Cl2N2OS. The van der Waals surface area contributed by atoms with Crippen LogP contribution in [-0.4, -0.2) is 4.57 Å². The average Bonchev–Trinajstić information content (AvgIpc) is 3.14. The van der Waals surface area contributed by atoms with Crippen LogP contribution in [0.4, 0.5) is 5.69 Å². The van der Waals surface area contributed by atoms with Crippen molar-refractivity contribution in [1.29, 1.82) is 0 Å². The van der Waals surface area contributed by atoms with Crippen LogP contribution in [0.15, 0.2) is 51.4 Å². The van der Waals surface area contributed by atoms with Crippen molar-refractivity contribution >= 4 is 40.2 Å². The predicted molar refractivity (Wildman–Crippen MR) is 92.0 cm³/mol. The first kappa shape index (κ1) is 15.4. The van der Waals surface area contributed by atoms with E-state index in [2.05, 4.69) is 21.9 Å². The topological polar surface area (TPSA) is 30.4 Å². The minimum atomic E-state index is 0.507. The molecule has 0 radical (unpaired) electrons. The second-order valence-corrected chi connectivity index (χ2v) is 6.39. The van der Waals surface area contributed by atoms with Crippen LogP contribution in [0, 0.1) is 0 Å². The molecule has 0 aliphatic heterocycles. The van der Waals surface area contributed by atoms with Crippen LogP contribution in [0.5, 0.6) is 0 Å². The quantitative estimate of drug-likeness (QED) is 0.587. The zero-order chi connectivity index (χ0) is 15.5. The summed E-state index contributed by atoms with van der Waals surface area (Å²) in [6.45, 7) is 3.01.